The van der Waals surface area contributed by atoms with E-state index in [9.17, 15) is 5.11 Å². The smallest absolute Gasteiger partial charge is 0.0918 e. The van der Waals surface area contributed by atoms with Gasteiger partial charge in [0.1, 0.15) is 0 Å². The fourth-order valence-electron chi connectivity index (χ4n) is 2.22. The first-order chi connectivity index (χ1) is 7.60. The zero-order chi connectivity index (χ0) is 11.6. The lowest BCUT2D eigenvalue weighted by molar-refractivity contribution is -0.0724. The van der Waals surface area contributed by atoms with Crippen molar-refractivity contribution in [1.29, 1.82) is 0 Å². The van der Waals surface area contributed by atoms with Gasteiger partial charge in [0.2, 0.25) is 0 Å². The summed E-state index contributed by atoms with van der Waals surface area (Å²) in [5, 5.41) is 10.6. The number of ether oxygens (including phenoxy) is 1. The Bertz CT molecular complexity index is 357. The third-order valence-electron chi connectivity index (χ3n) is 3.36. The summed E-state index contributed by atoms with van der Waals surface area (Å²) in [6, 6.07) is 7.88. The predicted octanol–water partition coefficient (Wildman–Crippen LogP) is 3.08. The first-order valence-electron chi connectivity index (χ1n) is 5.67. The molecule has 0 radical (unpaired) electrons. The van der Waals surface area contributed by atoms with E-state index in [0.717, 1.165) is 29.5 Å². The van der Waals surface area contributed by atoms with E-state index in [0.29, 0.717) is 6.61 Å². The van der Waals surface area contributed by atoms with E-state index in [1.165, 1.54) is 0 Å². The van der Waals surface area contributed by atoms with Crippen LogP contribution in [0.1, 0.15) is 25.3 Å². The van der Waals surface area contributed by atoms with E-state index in [-0.39, 0.29) is 5.92 Å². The summed E-state index contributed by atoms with van der Waals surface area (Å²) in [6.07, 6.45) is 2.06. The van der Waals surface area contributed by atoms with Crippen molar-refractivity contribution in [2.45, 2.75) is 25.4 Å². The summed E-state index contributed by atoms with van der Waals surface area (Å²) < 4.78 is 6.45. The van der Waals surface area contributed by atoms with Crippen LogP contribution in [-0.4, -0.2) is 18.3 Å². The van der Waals surface area contributed by atoms with Gasteiger partial charge in [0.05, 0.1) is 12.2 Å². The lowest BCUT2D eigenvalue weighted by Gasteiger charge is -2.35. The Morgan fingerprint density at radius 2 is 2.31 bits per heavy atom. The first kappa shape index (κ1) is 12.1. The van der Waals surface area contributed by atoms with Crippen molar-refractivity contribution in [2.75, 3.05) is 13.2 Å². The van der Waals surface area contributed by atoms with Crippen LogP contribution in [0.15, 0.2) is 28.7 Å². The standard InChI is InChI=1S/C13H17BrO2/c1-13(15,11-5-3-7-16-9-11)10-4-2-6-12(14)8-10/h2,4,6,8,11,15H,3,5,7,9H2,1H3. The van der Waals surface area contributed by atoms with Gasteiger partial charge in [0.15, 0.2) is 0 Å². The van der Waals surface area contributed by atoms with Gasteiger partial charge in [-0.1, -0.05) is 28.1 Å². The van der Waals surface area contributed by atoms with Crippen molar-refractivity contribution >= 4 is 15.9 Å². The van der Waals surface area contributed by atoms with Gasteiger partial charge in [-0.3, -0.25) is 0 Å². The molecule has 0 spiro atoms. The minimum atomic E-state index is -0.801. The summed E-state index contributed by atoms with van der Waals surface area (Å²) in [6.45, 7) is 3.36. The summed E-state index contributed by atoms with van der Waals surface area (Å²) in [5.41, 5.74) is 0.155. The molecule has 3 heteroatoms. The van der Waals surface area contributed by atoms with E-state index in [2.05, 4.69) is 15.9 Å². The Labute approximate surface area is 105 Å². The molecule has 1 aromatic rings. The molecule has 1 aliphatic heterocycles. The predicted molar refractivity (Wildman–Crippen MR) is 67.3 cm³/mol. The van der Waals surface area contributed by atoms with Gasteiger partial charge in [0.25, 0.3) is 0 Å². The molecule has 0 bridgehead atoms. The largest absolute Gasteiger partial charge is 0.385 e. The maximum absolute atomic E-state index is 10.6. The molecule has 0 aliphatic carbocycles. The van der Waals surface area contributed by atoms with Gasteiger partial charge in [-0.2, -0.15) is 0 Å². The topological polar surface area (TPSA) is 29.5 Å². The number of aliphatic hydroxyl groups is 1. The third-order valence-corrected chi connectivity index (χ3v) is 3.86. The van der Waals surface area contributed by atoms with E-state index >= 15 is 0 Å². The van der Waals surface area contributed by atoms with E-state index in [4.69, 9.17) is 4.74 Å². The Kier molecular flexibility index (Phi) is 3.67. The molecule has 0 amide bonds. The molecular weight excluding hydrogens is 268 g/mol. The summed E-state index contributed by atoms with van der Waals surface area (Å²) >= 11 is 3.44. The van der Waals surface area contributed by atoms with Crippen LogP contribution in [0.3, 0.4) is 0 Å². The highest BCUT2D eigenvalue weighted by Crippen LogP contribution is 2.35. The quantitative estimate of drug-likeness (QED) is 0.904. The molecule has 1 aliphatic rings. The van der Waals surface area contributed by atoms with Gasteiger partial charge >= 0.3 is 0 Å². The molecule has 1 fully saturated rings. The number of benzene rings is 1. The number of halogens is 1. The van der Waals surface area contributed by atoms with Gasteiger partial charge in [-0.05, 0) is 37.5 Å². The molecule has 2 atom stereocenters. The molecule has 1 N–H and O–H groups in total. The van der Waals surface area contributed by atoms with Crippen LogP contribution in [-0.2, 0) is 10.3 Å². The second-order valence-corrected chi connectivity index (χ2v) is 5.49. The molecule has 0 saturated carbocycles. The van der Waals surface area contributed by atoms with E-state index in [1.807, 2.05) is 31.2 Å². The molecular formula is C13H17BrO2. The van der Waals surface area contributed by atoms with Crippen LogP contribution in [0, 0.1) is 5.92 Å². The molecule has 2 nitrogen and oxygen atoms in total. The highest BCUT2D eigenvalue weighted by Gasteiger charge is 2.34. The fraction of sp³-hybridized carbons (Fsp3) is 0.538. The lowest BCUT2D eigenvalue weighted by Crippen LogP contribution is -2.37. The highest BCUT2D eigenvalue weighted by atomic mass is 79.9. The van der Waals surface area contributed by atoms with Gasteiger partial charge in [-0.25, -0.2) is 0 Å². The molecule has 0 aromatic heterocycles. The Hall–Kier alpha value is -0.380. The first-order valence-corrected chi connectivity index (χ1v) is 6.46. The number of hydrogen-bond donors (Lipinski definition) is 1. The molecule has 1 saturated heterocycles. The summed E-state index contributed by atoms with van der Waals surface area (Å²) in [7, 11) is 0. The minimum Gasteiger partial charge on any atom is -0.385 e. The normalized spacial score (nSPS) is 25.1. The van der Waals surface area contributed by atoms with E-state index < -0.39 is 5.60 Å². The zero-order valence-electron chi connectivity index (χ0n) is 9.45. The highest BCUT2D eigenvalue weighted by molar-refractivity contribution is 9.10. The molecule has 2 rings (SSSR count). The van der Waals surface area contributed by atoms with Crippen LogP contribution in [0.25, 0.3) is 0 Å². The maximum Gasteiger partial charge on any atom is 0.0918 e. The average molecular weight is 285 g/mol. The van der Waals surface area contributed by atoms with Crippen LogP contribution < -0.4 is 0 Å². The van der Waals surface area contributed by atoms with Crippen LogP contribution in [0.5, 0.6) is 0 Å². The third kappa shape index (κ3) is 2.47. The number of rotatable bonds is 2. The zero-order valence-corrected chi connectivity index (χ0v) is 11.0. The SMILES string of the molecule is CC(O)(c1cccc(Br)c1)C1CCCOC1. The van der Waals surface area contributed by atoms with Crippen molar-refractivity contribution in [1.82, 2.24) is 0 Å². The second kappa shape index (κ2) is 4.86. The lowest BCUT2D eigenvalue weighted by atomic mass is 9.80. The summed E-state index contributed by atoms with van der Waals surface area (Å²) in [5.74, 6) is 0.190. The molecule has 1 heterocycles. The number of hydrogen-bond acceptors (Lipinski definition) is 2. The van der Waals surface area contributed by atoms with Crippen molar-refractivity contribution in [2.24, 2.45) is 5.92 Å². The van der Waals surface area contributed by atoms with Crippen LogP contribution in [0.4, 0.5) is 0 Å². The Balaban J connectivity index is 2.22. The van der Waals surface area contributed by atoms with Crippen molar-refractivity contribution < 1.29 is 9.84 Å². The summed E-state index contributed by atoms with van der Waals surface area (Å²) in [4.78, 5) is 0. The van der Waals surface area contributed by atoms with Crippen LogP contribution in [0.2, 0.25) is 0 Å². The fourth-order valence-corrected chi connectivity index (χ4v) is 2.62. The molecule has 16 heavy (non-hydrogen) atoms. The van der Waals surface area contributed by atoms with Gasteiger partial charge in [0, 0.05) is 17.0 Å². The Morgan fingerprint density at radius 3 is 2.94 bits per heavy atom. The average Bonchev–Trinajstić information content (AvgIpc) is 2.30. The monoisotopic (exact) mass is 284 g/mol. The molecule has 2 unspecified atom stereocenters. The Morgan fingerprint density at radius 1 is 1.50 bits per heavy atom. The molecule has 88 valence electrons. The second-order valence-electron chi connectivity index (χ2n) is 4.57. The van der Waals surface area contributed by atoms with Crippen molar-refractivity contribution in [3.63, 3.8) is 0 Å². The van der Waals surface area contributed by atoms with Crippen LogP contribution >= 0.6 is 15.9 Å². The van der Waals surface area contributed by atoms with Gasteiger partial charge < -0.3 is 9.84 Å². The van der Waals surface area contributed by atoms with Gasteiger partial charge in [-0.15, -0.1) is 0 Å². The minimum absolute atomic E-state index is 0.190. The van der Waals surface area contributed by atoms with E-state index in [1.54, 1.807) is 0 Å². The van der Waals surface area contributed by atoms with Crippen molar-refractivity contribution in [3.05, 3.63) is 34.3 Å². The maximum atomic E-state index is 10.6. The van der Waals surface area contributed by atoms with Crippen molar-refractivity contribution in [3.8, 4) is 0 Å². The molecule has 1 aromatic carbocycles.